The zero-order valence-corrected chi connectivity index (χ0v) is 13.3. The summed E-state index contributed by atoms with van der Waals surface area (Å²) in [5.74, 6) is 0.918. The van der Waals surface area contributed by atoms with E-state index in [9.17, 15) is 4.79 Å². The maximum atomic E-state index is 12.5. The summed E-state index contributed by atoms with van der Waals surface area (Å²) in [7, 11) is 1.83. The van der Waals surface area contributed by atoms with Crippen molar-refractivity contribution in [3.63, 3.8) is 0 Å². The highest BCUT2D eigenvalue weighted by Crippen LogP contribution is 2.23. The molecule has 1 fully saturated rings. The minimum absolute atomic E-state index is 0.0198. The first-order chi connectivity index (χ1) is 11.7. The monoisotopic (exact) mass is 323 g/mol. The van der Waals surface area contributed by atoms with E-state index in [0.29, 0.717) is 18.8 Å². The summed E-state index contributed by atoms with van der Waals surface area (Å²) in [4.78, 5) is 33.4. The Bertz CT molecular complexity index is 878. The fraction of sp³-hybridized carbons (Fsp3) is 0.312. The Labute approximate surface area is 138 Å². The number of imidazole rings is 1. The van der Waals surface area contributed by atoms with E-state index in [4.69, 9.17) is 0 Å². The lowest BCUT2D eigenvalue weighted by molar-refractivity contribution is 0.0737. The van der Waals surface area contributed by atoms with Crippen LogP contribution in [0.3, 0.4) is 0 Å². The molecule has 0 atom stereocenters. The van der Waals surface area contributed by atoms with Gasteiger partial charge in [0.15, 0.2) is 0 Å². The number of hydrogen-bond acceptors (Lipinski definition) is 6. The van der Waals surface area contributed by atoms with Crippen LogP contribution in [0, 0.1) is 0 Å². The van der Waals surface area contributed by atoms with Crippen molar-refractivity contribution in [3.05, 3.63) is 43.0 Å². The van der Waals surface area contributed by atoms with Crippen molar-refractivity contribution in [3.8, 4) is 0 Å². The van der Waals surface area contributed by atoms with Crippen LogP contribution in [-0.4, -0.2) is 61.5 Å². The minimum atomic E-state index is 0.0198. The molecule has 0 aliphatic carbocycles. The molecule has 3 aromatic heterocycles. The quantitative estimate of drug-likeness (QED) is 0.691. The first-order valence-corrected chi connectivity index (χ1v) is 7.79. The number of amides is 1. The molecule has 8 heteroatoms. The number of aromatic nitrogens is 5. The van der Waals surface area contributed by atoms with Crippen molar-refractivity contribution >= 4 is 22.6 Å². The third kappa shape index (κ3) is 2.45. The fourth-order valence-corrected chi connectivity index (χ4v) is 2.99. The molecule has 4 heterocycles. The molecule has 0 spiro atoms. The van der Waals surface area contributed by atoms with Gasteiger partial charge in [0.1, 0.15) is 17.8 Å². The van der Waals surface area contributed by atoms with Crippen LogP contribution in [0.25, 0.3) is 10.9 Å². The van der Waals surface area contributed by atoms with E-state index in [2.05, 4.69) is 24.8 Å². The number of carbonyl (C=O) groups is 1. The molecule has 0 saturated carbocycles. The number of pyridine rings is 1. The zero-order chi connectivity index (χ0) is 16.5. The molecule has 8 nitrogen and oxygen atoms in total. The van der Waals surface area contributed by atoms with E-state index >= 15 is 0 Å². The highest BCUT2D eigenvalue weighted by Gasteiger charge is 2.25. The molecule has 122 valence electrons. The average molecular weight is 323 g/mol. The van der Waals surface area contributed by atoms with E-state index in [1.54, 1.807) is 35.8 Å². The van der Waals surface area contributed by atoms with Gasteiger partial charge >= 0.3 is 0 Å². The van der Waals surface area contributed by atoms with E-state index in [-0.39, 0.29) is 5.91 Å². The standard InChI is InChI=1S/C16H17N7O/c1-21-11-18-9-14(21)16(24)23-6-4-22(5-7-23)15-12-2-3-17-8-13(12)19-10-20-15/h2-3,8-11H,4-7H2,1H3. The van der Waals surface area contributed by atoms with Crippen molar-refractivity contribution in [2.45, 2.75) is 0 Å². The van der Waals surface area contributed by atoms with Crippen molar-refractivity contribution in [1.82, 2.24) is 29.4 Å². The van der Waals surface area contributed by atoms with Gasteiger partial charge in [-0.05, 0) is 6.07 Å². The van der Waals surface area contributed by atoms with Crippen LogP contribution < -0.4 is 4.90 Å². The predicted octanol–water partition coefficient (Wildman–Crippen LogP) is 0.721. The average Bonchev–Trinajstić information content (AvgIpc) is 3.07. The highest BCUT2D eigenvalue weighted by molar-refractivity contribution is 5.93. The van der Waals surface area contributed by atoms with Crippen LogP contribution in [0.2, 0.25) is 0 Å². The van der Waals surface area contributed by atoms with Crippen LogP contribution >= 0.6 is 0 Å². The second-order valence-electron chi connectivity index (χ2n) is 5.76. The highest BCUT2D eigenvalue weighted by atomic mass is 16.2. The summed E-state index contributed by atoms with van der Waals surface area (Å²) >= 11 is 0. The number of nitrogens with zero attached hydrogens (tertiary/aromatic N) is 7. The van der Waals surface area contributed by atoms with Gasteiger partial charge in [-0.25, -0.2) is 15.0 Å². The van der Waals surface area contributed by atoms with Crippen molar-refractivity contribution in [2.75, 3.05) is 31.1 Å². The fourth-order valence-electron chi connectivity index (χ4n) is 2.99. The zero-order valence-electron chi connectivity index (χ0n) is 13.3. The van der Waals surface area contributed by atoms with Gasteiger partial charge in [0.2, 0.25) is 0 Å². The summed E-state index contributed by atoms with van der Waals surface area (Å²) in [6.45, 7) is 2.78. The number of rotatable bonds is 2. The summed E-state index contributed by atoms with van der Waals surface area (Å²) < 4.78 is 1.75. The normalized spacial score (nSPS) is 15.0. The summed E-state index contributed by atoms with van der Waals surface area (Å²) in [5.41, 5.74) is 1.44. The van der Waals surface area contributed by atoms with Crippen molar-refractivity contribution in [1.29, 1.82) is 0 Å². The maximum absolute atomic E-state index is 12.5. The van der Waals surface area contributed by atoms with E-state index < -0.39 is 0 Å². The Morgan fingerprint density at radius 3 is 2.67 bits per heavy atom. The summed E-state index contributed by atoms with van der Waals surface area (Å²) in [6, 6.07) is 1.93. The number of aryl methyl sites for hydroxylation is 1. The van der Waals surface area contributed by atoms with Crippen LogP contribution in [0.5, 0.6) is 0 Å². The van der Waals surface area contributed by atoms with Crippen LogP contribution in [-0.2, 0) is 7.05 Å². The first-order valence-electron chi connectivity index (χ1n) is 7.79. The van der Waals surface area contributed by atoms with Gasteiger partial charge < -0.3 is 14.4 Å². The van der Waals surface area contributed by atoms with Gasteiger partial charge in [0, 0.05) is 44.8 Å². The Morgan fingerprint density at radius 2 is 1.92 bits per heavy atom. The molecule has 4 rings (SSSR count). The molecular formula is C16H17N7O. The molecule has 1 aliphatic heterocycles. The second-order valence-corrected chi connectivity index (χ2v) is 5.76. The molecule has 0 aromatic carbocycles. The molecule has 0 radical (unpaired) electrons. The first kappa shape index (κ1) is 14.6. The molecule has 3 aromatic rings. The SMILES string of the molecule is Cn1cncc1C(=O)N1CCN(c2ncnc3cnccc23)CC1. The van der Waals surface area contributed by atoms with Crippen molar-refractivity contribution in [2.24, 2.45) is 7.05 Å². The third-order valence-electron chi connectivity index (χ3n) is 4.32. The van der Waals surface area contributed by atoms with E-state index in [1.807, 2.05) is 18.0 Å². The van der Waals surface area contributed by atoms with Crippen LogP contribution in [0.4, 0.5) is 5.82 Å². The summed E-state index contributed by atoms with van der Waals surface area (Å²) in [5, 5.41) is 0.985. The van der Waals surface area contributed by atoms with E-state index in [1.165, 1.54) is 0 Å². The molecule has 24 heavy (non-hydrogen) atoms. The molecular weight excluding hydrogens is 306 g/mol. The minimum Gasteiger partial charge on any atom is -0.352 e. The molecule has 0 unspecified atom stereocenters. The van der Waals surface area contributed by atoms with Crippen molar-refractivity contribution < 1.29 is 4.79 Å². The number of anilines is 1. The van der Waals surface area contributed by atoms with Gasteiger partial charge in [-0.1, -0.05) is 0 Å². The topological polar surface area (TPSA) is 80.0 Å². The summed E-state index contributed by atoms with van der Waals surface area (Å²) in [6.07, 6.45) is 8.30. The Kier molecular flexibility index (Phi) is 3.56. The predicted molar refractivity (Wildman–Crippen MR) is 88.7 cm³/mol. The third-order valence-corrected chi connectivity index (χ3v) is 4.32. The second kappa shape index (κ2) is 5.88. The number of fused-ring (bicyclic) bond motifs is 1. The Hall–Kier alpha value is -3.03. The lowest BCUT2D eigenvalue weighted by atomic mass is 10.2. The van der Waals surface area contributed by atoms with E-state index in [0.717, 1.165) is 29.8 Å². The molecule has 0 N–H and O–H groups in total. The number of carbonyl (C=O) groups excluding carboxylic acids is 1. The number of piperazine rings is 1. The molecule has 1 amide bonds. The lowest BCUT2D eigenvalue weighted by Gasteiger charge is -2.35. The van der Waals surface area contributed by atoms with Gasteiger partial charge in [-0.2, -0.15) is 0 Å². The molecule has 0 bridgehead atoms. The smallest absolute Gasteiger partial charge is 0.272 e. The van der Waals surface area contributed by atoms with Gasteiger partial charge in [0.25, 0.3) is 5.91 Å². The Balaban J connectivity index is 1.52. The van der Waals surface area contributed by atoms with Gasteiger partial charge in [-0.3, -0.25) is 9.78 Å². The maximum Gasteiger partial charge on any atom is 0.272 e. The van der Waals surface area contributed by atoms with Crippen LogP contribution in [0.1, 0.15) is 10.5 Å². The van der Waals surface area contributed by atoms with Crippen LogP contribution in [0.15, 0.2) is 37.3 Å². The number of hydrogen-bond donors (Lipinski definition) is 0. The lowest BCUT2D eigenvalue weighted by Crippen LogP contribution is -2.49. The molecule has 1 aliphatic rings. The largest absolute Gasteiger partial charge is 0.352 e. The molecule has 1 saturated heterocycles. The van der Waals surface area contributed by atoms with Gasteiger partial charge in [-0.15, -0.1) is 0 Å². The van der Waals surface area contributed by atoms with Gasteiger partial charge in [0.05, 0.1) is 24.2 Å². The Morgan fingerprint density at radius 1 is 1.08 bits per heavy atom.